The number of halogens is 1. The molecule has 0 spiro atoms. The van der Waals surface area contributed by atoms with Gasteiger partial charge in [0.25, 0.3) is 5.91 Å². The molecule has 0 aliphatic carbocycles. The maximum Gasteiger partial charge on any atom is 0.258 e. The highest BCUT2D eigenvalue weighted by atomic mass is 35.5. The lowest BCUT2D eigenvalue weighted by atomic mass is 10.0. The SMILES string of the molecule is CCN1C(=O)c2cccc3c(NC(=O)CCCS(=O)(=O)c4ccc(Cl)cc4)ccc1c23. The van der Waals surface area contributed by atoms with Gasteiger partial charge in [-0.2, -0.15) is 0 Å². The second-order valence-corrected chi connectivity index (χ2v) is 9.88. The van der Waals surface area contributed by atoms with Gasteiger partial charge in [0.2, 0.25) is 5.91 Å². The van der Waals surface area contributed by atoms with E-state index in [2.05, 4.69) is 5.32 Å². The second kappa shape index (κ2) is 8.32. The Kier molecular flexibility index (Phi) is 5.73. The highest BCUT2D eigenvalue weighted by molar-refractivity contribution is 7.91. The molecule has 0 bridgehead atoms. The largest absolute Gasteiger partial charge is 0.326 e. The van der Waals surface area contributed by atoms with Crippen LogP contribution in [0.3, 0.4) is 0 Å². The summed E-state index contributed by atoms with van der Waals surface area (Å²) in [6.07, 6.45) is 0.260. The lowest BCUT2D eigenvalue weighted by Gasteiger charge is -2.15. The van der Waals surface area contributed by atoms with Crippen molar-refractivity contribution in [3.63, 3.8) is 0 Å². The van der Waals surface area contributed by atoms with E-state index in [1.807, 2.05) is 19.1 Å². The van der Waals surface area contributed by atoms with Crippen LogP contribution in [0.1, 0.15) is 30.1 Å². The number of benzene rings is 3. The Bertz CT molecular complexity index is 1290. The molecule has 3 aromatic rings. The molecule has 1 aliphatic heterocycles. The van der Waals surface area contributed by atoms with Crippen molar-refractivity contribution in [3.05, 3.63) is 65.2 Å². The van der Waals surface area contributed by atoms with Crippen LogP contribution in [0.5, 0.6) is 0 Å². The molecule has 160 valence electrons. The van der Waals surface area contributed by atoms with Crippen molar-refractivity contribution >= 4 is 55.4 Å². The Morgan fingerprint density at radius 3 is 2.52 bits per heavy atom. The standard InChI is InChI=1S/C23H21ClN2O4S/c1-2-26-20-13-12-19(17-5-3-6-18(22(17)20)23(26)28)25-21(27)7-4-14-31(29,30)16-10-8-15(24)9-11-16/h3,5-6,8-13H,2,4,7,14H2,1H3,(H,25,27). The monoisotopic (exact) mass is 456 g/mol. The topological polar surface area (TPSA) is 83.6 Å². The van der Waals surface area contributed by atoms with E-state index >= 15 is 0 Å². The van der Waals surface area contributed by atoms with E-state index in [-0.39, 0.29) is 35.3 Å². The Hall–Kier alpha value is -2.90. The molecule has 0 fully saturated rings. The highest BCUT2D eigenvalue weighted by Gasteiger charge is 2.29. The van der Waals surface area contributed by atoms with Crippen molar-refractivity contribution in [2.24, 2.45) is 0 Å². The van der Waals surface area contributed by atoms with Crippen molar-refractivity contribution in [1.29, 1.82) is 0 Å². The summed E-state index contributed by atoms with van der Waals surface area (Å²) in [6, 6.07) is 15.1. The van der Waals surface area contributed by atoms with Crippen molar-refractivity contribution in [2.75, 3.05) is 22.5 Å². The Balaban J connectivity index is 1.46. The number of hydrogen-bond donors (Lipinski definition) is 1. The molecule has 1 heterocycles. The van der Waals surface area contributed by atoms with Gasteiger partial charge in [-0.25, -0.2) is 8.42 Å². The Morgan fingerprint density at radius 2 is 1.81 bits per heavy atom. The lowest BCUT2D eigenvalue weighted by Crippen LogP contribution is -2.25. The molecule has 0 saturated carbocycles. The quantitative estimate of drug-likeness (QED) is 0.560. The van der Waals surface area contributed by atoms with Crippen LogP contribution in [0.2, 0.25) is 5.02 Å². The lowest BCUT2D eigenvalue weighted by molar-refractivity contribution is -0.116. The number of amides is 2. The zero-order chi connectivity index (χ0) is 22.2. The summed E-state index contributed by atoms with van der Waals surface area (Å²) in [5, 5.41) is 4.96. The summed E-state index contributed by atoms with van der Waals surface area (Å²) in [6.45, 7) is 2.49. The van der Waals surface area contributed by atoms with Crippen molar-refractivity contribution in [2.45, 2.75) is 24.7 Å². The van der Waals surface area contributed by atoms with Crippen LogP contribution in [-0.2, 0) is 14.6 Å². The van der Waals surface area contributed by atoms with Crippen molar-refractivity contribution in [3.8, 4) is 0 Å². The molecule has 1 aliphatic rings. The summed E-state index contributed by atoms with van der Waals surface area (Å²) in [5.74, 6) is -0.450. The maximum atomic E-state index is 12.6. The summed E-state index contributed by atoms with van der Waals surface area (Å²) < 4.78 is 24.8. The predicted octanol–water partition coefficient (Wildman–Crippen LogP) is 4.67. The summed E-state index contributed by atoms with van der Waals surface area (Å²) in [5.41, 5.74) is 2.07. The molecule has 4 rings (SSSR count). The number of rotatable bonds is 7. The van der Waals surface area contributed by atoms with E-state index < -0.39 is 9.84 Å². The molecule has 0 saturated heterocycles. The smallest absolute Gasteiger partial charge is 0.258 e. The van der Waals surface area contributed by atoms with Gasteiger partial charge in [-0.3, -0.25) is 9.59 Å². The van der Waals surface area contributed by atoms with Crippen LogP contribution in [-0.4, -0.2) is 32.5 Å². The van der Waals surface area contributed by atoms with Crippen LogP contribution < -0.4 is 10.2 Å². The minimum Gasteiger partial charge on any atom is -0.326 e. The molecule has 6 nitrogen and oxygen atoms in total. The fourth-order valence-electron chi connectivity index (χ4n) is 3.86. The van der Waals surface area contributed by atoms with Gasteiger partial charge in [0.05, 0.1) is 16.3 Å². The average Bonchev–Trinajstić information content (AvgIpc) is 3.02. The molecule has 2 amide bonds. The van der Waals surface area contributed by atoms with Crippen LogP contribution in [0.25, 0.3) is 10.8 Å². The molecule has 0 unspecified atom stereocenters. The van der Waals surface area contributed by atoms with Gasteiger partial charge in [-0.1, -0.05) is 23.7 Å². The second-order valence-electron chi connectivity index (χ2n) is 7.33. The van der Waals surface area contributed by atoms with Crippen molar-refractivity contribution in [1.82, 2.24) is 0 Å². The zero-order valence-electron chi connectivity index (χ0n) is 16.9. The zero-order valence-corrected chi connectivity index (χ0v) is 18.5. The number of carbonyl (C=O) groups is 2. The number of nitrogens with one attached hydrogen (secondary N) is 1. The number of nitrogens with zero attached hydrogens (tertiary/aromatic N) is 1. The third-order valence-electron chi connectivity index (χ3n) is 5.36. The predicted molar refractivity (Wildman–Crippen MR) is 123 cm³/mol. The first kappa shape index (κ1) is 21.3. The molecule has 0 atom stereocenters. The van der Waals surface area contributed by atoms with E-state index in [9.17, 15) is 18.0 Å². The fraction of sp³-hybridized carbons (Fsp3) is 0.217. The normalized spacial score (nSPS) is 13.1. The van der Waals surface area contributed by atoms with E-state index in [4.69, 9.17) is 11.6 Å². The molecular weight excluding hydrogens is 436 g/mol. The van der Waals surface area contributed by atoms with Crippen LogP contribution in [0.15, 0.2) is 59.5 Å². The maximum absolute atomic E-state index is 12.6. The van der Waals surface area contributed by atoms with E-state index in [1.54, 1.807) is 23.1 Å². The molecule has 8 heteroatoms. The number of anilines is 2. The third kappa shape index (κ3) is 4.03. The highest BCUT2D eigenvalue weighted by Crippen LogP contribution is 2.40. The van der Waals surface area contributed by atoms with Gasteiger partial charge in [0.15, 0.2) is 9.84 Å². The minimum absolute atomic E-state index is 0.0426. The number of hydrogen-bond acceptors (Lipinski definition) is 4. The van der Waals surface area contributed by atoms with Gasteiger partial charge in [0.1, 0.15) is 0 Å². The summed E-state index contributed by atoms with van der Waals surface area (Å²) >= 11 is 5.80. The first-order valence-corrected chi connectivity index (χ1v) is 12.0. The molecule has 3 aromatic carbocycles. The Morgan fingerprint density at radius 1 is 1.06 bits per heavy atom. The van der Waals surface area contributed by atoms with Crippen LogP contribution in [0.4, 0.5) is 11.4 Å². The van der Waals surface area contributed by atoms with Gasteiger partial charge in [0, 0.05) is 40.0 Å². The minimum atomic E-state index is -3.48. The van der Waals surface area contributed by atoms with Gasteiger partial charge < -0.3 is 10.2 Å². The van der Waals surface area contributed by atoms with Gasteiger partial charge >= 0.3 is 0 Å². The Labute approximate surface area is 185 Å². The molecular formula is C23H21ClN2O4S. The number of carbonyl (C=O) groups excluding carboxylic acids is 2. The first-order chi connectivity index (χ1) is 14.8. The molecule has 0 radical (unpaired) electrons. The van der Waals surface area contributed by atoms with Crippen LogP contribution >= 0.6 is 11.6 Å². The van der Waals surface area contributed by atoms with E-state index in [0.29, 0.717) is 22.8 Å². The molecule has 31 heavy (non-hydrogen) atoms. The van der Waals surface area contributed by atoms with E-state index in [0.717, 1.165) is 16.5 Å². The molecule has 1 N–H and O–H groups in total. The van der Waals surface area contributed by atoms with Crippen molar-refractivity contribution < 1.29 is 18.0 Å². The van der Waals surface area contributed by atoms with Gasteiger partial charge in [-0.15, -0.1) is 0 Å². The van der Waals surface area contributed by atoms with Gasteiger partial charge in [-0.05, 0) is 55.8 Å². The third-order valence-corrected chi connectivity index (χ3v) is 7.43. The van der Waals surface area contributed by atoms with E-state index in [1.165, 1.54) is 24.3 Å². The van der Waals surface area contributed by atoms with Crippen LogP contribution in [0, 0.1) is 0 Å². The molecule has 0 aromatic heterocycles. The summed E-state index contributed by atoms with van der Waals surface area (Å²) in [4.78, 5) is 27.0. The first-order valence-electron chi connectivity index (χ1n) is 9.97. The average molecular weight is 457 g/mol. The number of sulfone groups is 1. The summed E-state index contributed by atoms with van der Waals surface area (Å²) in [7, 11) is -3.48. The fourth-order valence-corrected chi connectivity index (χ4v) is 5.30.